The summed E-state index contributed by atoms with van der Waals surface area (Å²) >= 11 is 7.75. The van der Waals surface area contributed by atoms with E-state index in [0.717, 1.165) is 6.42 Å². The predicted molar refractivity (Wildman–Crippen MR) is 482 cm³/mol. The lowest BCUT2D eigenvalue weighted by Gasteiger charge is -2.34. The number of benzene rings is 16. The van der Waals surface area contributed by atoms with Crippen molar-refractivity contribution in [3.05, 3.63) is 289 Å². The molecule has 0 unspecified atom stereocenters. The van der Waals surface area contributed by atoms with Crippen molar-refractivity contribution < 1.29 is 0 Å². The molecule has 4 heterocycles. The standard InChI is InChI=1S/C26H23NS.C26H25NS.2C25H23NS/c1-27-22-14-18-10-4-5-11-19(18)16-24(22)28-26-23(27)15-20-12-6-7-13-21(20)25(26)17-8-2-3-9-17;1-26(2,3)16-21-19-11-7-6-10-18(19)15-22-25(21)28-23-14-13-17-9-5-8-12-20(17)24(23)27(22)4;1-25(2,3)20-15-21-24(19-12-8-7-11-18(19)20)27-22-14-13-16-9-5-6-10-17(16)23(22)26(21)4;1-25(2,3)18-11-12-20-17(15-18)10-14-22-24(20)27-23-19-8-6-5-7-16(19)9-13-21(23)26(22)4/h4-7,10-17H,2-3,8-9H2,1H3;5-15H,16H2,1-4H3;2*5-15H,1-4H3. The van der Waals surface area contributed by atoms with Crippen LogP contribution in [0.15, 0.2) is 306 Å². The summed E-state index contributed by atoms with van der Waals surface area (Å²) in [5, 5.41) is 21.5. The normalized spacial score (nSPS) is 14.4. The second-order valence-corrected chi connectivity index (χ2v) is 38.1. The highest BCUT2D eigenvalue weighted by Crippen LogP contribution is 2.59. The van der Waals surface area contributed by atoms with Gasteiger partial charge in [-0.25, -0.2) is 0 Å². The fourth-order valence-corrected chi connectivity index (χ4v) is 23.0. The zero-order valence-electron chi connectivity index (χ0n) is 65.4. The molecule has 110 heavy (non-hydrogen) atoms. The Balaban J connectivity index is 0.000000103. The molecule has 8 heteroatoms. The van der Waals surface area contributed by atoms with E-state index in [-0.39, 0.29) is 16.2 Å². The van der Waals surface area contributed by atoms with Crippen molar-refractivity contribution in [3.8, 4) is 0 Å². The maximum atomic E-state index is 2.42. The second kappa shape index (κ2) is 28.2. The number of anilines is 8. The molecule has 0 spiro atoms. The lowest BCUT2D eigenvalue weighted by molar-refractivity contribution is 0.410. The van der Waals surface area contributed by atoms with Gasteiger partial charge in [0.1, 0.15) is 0 Å². The highest BCUT2D eigenvalue weighted by atomic mass is 32.2. The third kappa shape index (κ3) is 12.9. The molecule has 0 saturated heterocycles. The van der Waals surface area contributed by atoms with Crippen LogP contribution < -0.4 is 19.6 Å². The van der Waals surface area contributed by atoms with Crippen LogP contribution in [0.3, 0.4) is 0 Å². The fourth-order valence-electron chi connectivity index (χ4n) is 17.6. The molecule has 1 fully saturated rings. The lowest BCUT2D eigenvalue weighted by Crippen LogP contribution is -2.18. The molecule has 21 rings (SSSR count). The Morgan fingerprint density at radius 1 is 0.291 bits per heavy atom. The summed E-state index contributed by atoms with van der Waals surface area (Å²) in [6, 6.07) is 98.4. The van der Waals surface area contributed by atoms with E-state index in [1.807, 2.05) is 47.0 Å². The molecule has 0 amide bonds. The van der Waals surface area contributed by atoms with Crippen molar-refractivity contribution in [3.63, 3.8) is 0 Å². The van der Waals surface area contributed by atoms with Gasteiger partial charge in [-0.3, -0.25) is 0 Å². The van der Waals surface area contributed by atoms with Gasteiger partial charge in [0.25, 0.3) is 0 Å². The summed E-state index contributed by atoms with van der Waals surface area (Å²) in [6.45, 7) is 20.7. The van der Waals surface area contributed by atoms with Gasteiger partial charge in [0.2, 0.25) is 0 Å². The largest absolute Gasteiger partial charge is 0.343 e. The summed E-state index contributed by atoms with van der Waals surface area (Å²) in [4.78, 5) is 20.6. The Bertz CT molecular complexity index is 6390. The Kier molecular flexibility index (Phi) is 18.4. The first-order valence-corrected chi connectivity index (χ1v) is 42.3. The zero-order chi connectivity index (χ0) is 75.6. The van der Waals surface area contributed by atoms with Crippen LogP contribution in [0.1, 0.15) is 116 Å². The minimum Gasteiger partial charge on any atom is -0.343 e. The summed E-state index contributed by atoms with van der Waals surface area (Å²) in [5.41, 5.74) is 16.9. The molecule has 1 aliphatic carbocycles. The van der Waals surface area contributed by atoms with E-state index in [0.29, 0.717) is 5.92 Å². The van der Waals surface area contributed by atoms with Crippen molar-refractivity contribution in [2.75, 3.05) is 47.8 Å². The first-order valence-electron chi connectivity index (χ1n) is 39.1. The second-order valence-electron chi connectivity index (χ2n) is 33.9. The monoisotopic (exact) mass is 1500 g/mol. The van der Waals surface area contributed by atoms with Crippen LogP contribution in [0.25, 0.3) is 86.2 Å². The molecule has 546 valence electrons. The van der Waals surface area contributed by atoms with Gasteiger partial charge in [0.05, 0.1) is 45.5 Å². The number of rotatable bonds is 2. The smallest absolute Gasteiger partial charge is 0.0629 e. The number of fused-ring (bicyclic) bond motifs is 21. The van der Waals surface area contributed by atoms with E-state index < -0.39 is 0 Å². The maximum Gasteiger partial charge on any atom is 0.0629 e. The Labute approximate surface area is 666 Å². The van der Waals surface area contributed by atoms with Crippen LogP contribution in [0.5, 0.6) is 0 Å². The molecule has 5 aliphatic rings. The van der Waals surface area contributed by atoms with Crippen LogP contribution in [0, 0.1) is 5.41 Å². The molecule has 0 N–H and O–H groups in total. The van der Waals surface area contributed by atoms with Gasteiger partial charge in [-0.05, 0) is 194 Å². The van der Waals surface area contributed by atoms with Crippen LogP contribution >= 0.6 is 47.0 Å². The van der Waals surface area contributed by atoms with Crippen molar-refractivity contribution in [1.82, 2.24) is 0 Å². The highest BCUT2D eigenvalue weighted by molar-refractivity contribution is 8.00. The van der Waals surface area contributed by atoms with Gasteiger partial charge in [0, 0.05) is 78.1 Å². The van der Waals surface area contributed by atoms with Crippen molar-refractivity contribution in [2.45, 2.75) is 150 Å². The van der Waals surface area contributed by atoms with Gasteiger partial charge in [-0.15, -0.1) is 0 Å². The summed E-state index contributed by atoms with van der Waals surface area (Å²) in [5.74, 6) is 0.697. The number of hydrogen-bond donors (Lipinski definition) is 0. The molecule has 1 saturated carbocycles. The minimum absolute atomic E-state index is 0.0964. The maximum absolute atomic E-state index is 2.42. The molecule has 16 aromatic carbocycles. The van der Waals surface area contributed by atoms with Crippen LogP contribution in [0.2, 0.25) is 0 Å². The van der Waals surface area contributed by atoms with Gasteiger partial charge in [-0.2, -0.15) is 0 Å². The fraction of sp³-hybridized carbons (Fsp3) is 0.216. The molecule has 0 radical (unpaired) electrons. The molecule has 4 aliphatic heterocycles. The SMILES string of the molecule is CN1c2cc(C(C)(C)C)c3ccccc3c2Sc2ccc3ccccc3c21.CN1c2cc3ccccc3c(CC(C)(C)C)c2Sc2ccc3ccccc3c21.CN1c2cc3ccccc3cc2Sc2c1cc1ccccc1c2C1CCCC1.CN1c2ccc3ccccc3c2Sc2c1ccc1cc(C(C)(C)C)ccc21. The molecule has 0 bridgehead atoms. The quantitative estimate of drug-likeness (QED) is 0.168. The zero-order valence-corrected chi connectivity index (χ0v) is 68.7. The van der Waals surface area contributed by atoms with E-state index in [4.69, 9.17) is 0 Å². The highest BCUT2D eigenvalue weighted by Gasteiger charge is 2.34. The molecule has 16 aromatic rings. The number of nitrogens with zero attached hydrogens (tertiary/aromatic N) is 4. The Morgan fingerprint density at radius 2 is 0.700 bits per heavy atom. The first kappa shape index (κ1) is 71.8. The third-order valence-corrected chi connectivity index (χ3v) is 28.1. The van der Waals surface area contributed by atoms with Crippen LogP contribution in [-0.2, 0) is 17.3 Å². The summed E-state index contributed by atoms with van der Waals surface area (Å²) in [7, 11) is 8.85. The van der Waals surface area contributed by atoms with Crippen molar-refractivity contribution >= 4 is 179 Å². The molecule has 4 nitrogen and oxygen atoms in total. The molecule has 0 atom stereocenters. The third-order valence-electron chi connectivity index (χ3n) is 23.3. The predicted octanol–water partition coefficient (Wildman–Crippen LogP) is 30.7. The van der Waals surface area contributed by atoms with Gasteiger partial charge in [0.15, 0.2) is 0 Å². The number of hydrogen-bond acceptors (Lipinski definition) is 8. The summed E-state index contributed by atoms with van der Waals surface area (Å²) in [6.07, 6.45) is 6.46. The first-order chi connectivity index (χ1) is 53.1. The van der Waals surface area contributed by atoms with Gasteiger partial charge >= 0.3 is 0 Å². The van der Waals surface area contributed by atoms with Crippen molar-refractivity contribution in [1.29, 1.82) is 0 Å². The molecular weight excluding hydrogens is 1410 g/mol. The molecule has 0 aromatic heterocycles. The van der Waals surface area contributed by atoms with E-state index in [1.54, 1.807) is 5.56 Å². The van der Waals surface area contributed by atoms with Gasteiger partial charge in [-0.1, -0.05) is 335 Å². The van der Waals surface area contributed by atoms with E-state index in [2.05, 4.69) is 377 Å². The van der Waals surface area contributed by atoms with E-state index >= 15 is 0 Å². The van der Waals surface area contributed by atoms with E-state index in [1.165, 1.54) is 213 Å². The van der Waals surface area contributed by atoms with Gasteiger partial charge < -0.3 is 19.6 Å². The average Bonchev–Trinajstić information content (AvgIpc) is 0.754. The average molecular weight is 1500 g/mol. The molecular formula is C102H94N4S4. The van der Waals surface area contributed by atoms with Crippen LogP contribution in [-0.4, -0.2) is 28.2 Å². The Hall–Kier alpha value is -9.80. The van der Waals surface area contributed by atoms with Crippen LogP contribution in [0.4, 0.5) is 45.5 Å². The Morgan fingerprint density at radius 3 is 1.28 bits per heavy atom. The topological polar surface area (TPSA) is 13.0 Å². The summed E-state index contributed by atoms with van der Waals surface area (Å²) < 4.78 is 0. The van der Waals surface area contributed by atoms with Crippen molar-refractivity contribution in [2.24, 2.45) is 5.41 Å². The van der Waals surface area contributed by atoms with E-state index in [9.17, 15) is 0 Å². The minimum atomic E-state index is 0.0964. The lowest BCUT2D eigenvalue weighted by atomic mass is 9.83.